The van der Waals surface area contributed by atoms with Crippen LogP contribution in [-0.4, -0.2) is 18.4 Å². The molecule has 15 heavy (non-hydrogen) atoms. The van der Waals surface area contributed by atoms with Crippen molar-refractivity contribution in [2.75, 3.05) is 0 Å². The molecule has 2 aromatic rings. The number of aryl methyl sites for hydroxylation is 1. The molecule has 0 atom stereocenters. The maximum absolute atomic E-state index is 11.0. The molecule has 0 aliphatic rings. The van der Waals surface area contributed by atoms with Gasteiger partial charge in [0.1, 0.15) is 11.7 Å². The number of nitrogens with zero attached hydrogens (tertiary/aromatic N) is 1. The molecule has 0 aliphatic carbocycles. The van der Waals surface area contributed by atoms with Crippen molar-refractivity contribution in [3.63, 3.8) is 0 Å². The number of rotatable bonds is 1. The first-order valence-corrected chi connectivity index (χ1v) is 6.11. The Bertz CT molecular complexity index is 588. The zero-order chi connectivity index (χ0) is 10.3. The number of para-hydroxylation sites is 1. The van der Waals surface area contributed by atoms with Crippen molar-refractivity contribution in [1.82, 2.24) is 0 Å². The van der Waals surface area contributed by atoms with Crippen molar-refractivity contribution in [2.45, 2.75) is 4.34 Å². The maximum Gasteiger partial charge on any atom is 0.382 e. The van der Waals surface area contributed by atoms with Crippen LogP contribution in [0, 0.1) is 0 Å². The highest BCUT2D eigenvalue weighted by molar-refractivity contribution is 7.88. The van der Waals surface area contributed by atoms with Gasteiger partial charge >= 0.3 is 14.5 Å². The lowest BCUT2D eigenvalue weighted by Gasteiger charge is -1.86. The van der Waals surface area contributed by atoms with Crippen molar-refractivity contribution in [2.24, 2.45) is 7.05 Å². The van der Waals surface area contributed by atoms with Gasteiger partial charge in [0, 0.05) is 6.07 Å². The van der Waals surface area contributed by atoms with Crippen LogP contribution in [0.3, 0.4) is 0 Å². The van der Waals surface area contributed by atoms with Gasteiger partial charge in [-0.2, -0.15) is 13.0 Å². The average Bonchev–Trinajstić information content (AvgIpc) is 2.44. The molecule has 0 radical (unpaired) electrons. The summed E-state index contributed by atoms with van der Waals surface area (Å²) in [7, 11) is -2.50. The van der Waals surface area contributed by atoms with Gasteiger partial charge in [-0.1, -0.05) is 12.1 Å². The van der Waals surface area contributed by atoms with Crippen LogP contribution < -0.4 is 4.57 Å². The van der Waals surface area contributed by atoms with Crippen molar-refractivity contribution < 1.29 is 23.0 Å². The summed E-state index contributed by atoms with van der Waals surface area (Å²) in [4.78, 5) is 0. The van der Waals surface area contributed by atoms with Gasteiger partial charge in [0.2, 0.25) is 5.52 Å². The molecule has 7 heteroatoms. The third-order valence-corrected chi connectivity index (χ3v) is 4.53. The molecular formula is C8H9NO4S2. The lowest BCUT2D eigenvalue weighted by atomic mass is 10.3. The summed E-state index contributed by atoms with van der Waals surface area (Å²) in [6.07, 6.45) is 0. The molecule has 82 valence electrons. The highest BCUT2D eigenvalue weighted by Gasteiger charge is 2.27. The highest BCUT2D eigenvalue weighted by atomic mass is 32.3. The van der Waals surface area contributed by atoms with E-state index in [1.807, 2.05) is 18.2 Å². The Balaban J connectivity index is 0.00000112. The summed E-state index contributed by atoms with van der Waals surface area (Å²) in [6.45, 7) is 0. The largest absolute Gasteiger partial charge is 0.870 e. The van der Waals surface area contributed by atoms with E-state index in [1.54, 1.807) is 13.1 Å². The molecule has 1 heterocycles. The van der Waals surface area contributed by atoms with Gasteiger partial charge in [-0.05, 0) is 17.4 Å². The quantitative estimate of drug-likeness (QED) is 0.596. The Morgan fingerprint density at radius 2 is 1.93 bits per heavy atom. The van der Waals surface area contributed by atoms with Gasteiger partial charge in [-0.15, -0.1) is 0 Å². The molecule has 1 aromatic heterocycles. The molecule has 5 nitrogen and oxygen atoms in total. The molecule has 0 aliphatic heterocycles. The number of thiazole rings is 1. The number of aromatic nitrogens is 1. The monoisotopic (exact) mass is 247 g/mol. The first-order chi connectivity index (χ1) is 6.50. The van der Waals surface area contributed by atoms with Crippen LogP contribution in [-0.2, 0) is 17.2 Å². The molecule has 0 spiro atoms. The zero-order valence-corrected chi connectivity index (χ0v) is 9.42. The minimum Gasteiger partial charge on any atom is -0.870 e. The summed E-state index contributed by atoms with van der Waals surface area (Å²) in [6, 6.07) is 7.27. The van der Waals surface area contributed by atoms with Crippen molar-refractivity contribution in [3.05, 3.63) is 24.3 Å². The van der Waals surface area contributed by atoms with E-state index in [9.17, 15) is 8.42 Å². The second kappa shape index (κ2) is 3.86. The second-order valence-corrected chi connectivity index (χ2v) is 5.50. The van der Waals surface area contributed by atoms with Gasteiger partial charge in [-0.25, -0.2) is 0 Å². The van der Waals surface area contributed by atoms with Crippen LogP contribution in [0.15, 0.2) is 28.6 Å². The first-order valence-electron chi connectivity index (χ1n) is 3.85. The Morgan fingerprint density at radius 1 is 1.33 bits per heavy atom. The lowest BCUT2D eigenvalue weighted by molar-refractivity contribution is -0.678. The van der Waals surface area contributed by atoms with E-state index in [4.69, 9.17) is 4.55 Å². The molecule has 2 rings (SSSR count). The predicted octanol–water partition coefficient (Wildman–Crippen LogP) is 0.796. The Morgan fingerprint density at radius 3 is 2.47 bits per heavy atom. The number of fused-ring (bicyclic) bond motifs is 1. The SMILES string of the molecule is C[n+]1c(S(=O)(=O)O)sc2ccccc21.[OH-]. The van der Waals surface area contributed by atoms with Crippen LogP contribution in [0.25, 0.3) is 10.2 Å². The molecule has 0 saturated heterocycles. The molecule has 0 fully saturated rings. The highest BCUT2D eigenvalue weighted by Crippen LogP contribution is 2.22. The van der Waals surface area contributed by atoms with E-state index in [-0.39, 0.29) is 9.82 Å². The summed E-state index contributed by atoms with van der Waals surface area (Å²) < 4.78 is 33.1. The van der Waals surface area contributed by atoms with Crippen molar-refractivity contribution in [1.29, 1.82) is 0 Å². The summed E-state index contributed by atoms with van der Waals surface area (Å²) in [5.41, 5.74) is 0.796. The second-order valence-electron chi connectivity index (χ2n) is 2.87. The third kappa shape index (κ3) is 2.00. The predicted molar refractivity (Wildman–Crippen MR) is 54.8 cm³/mol. The Labute approximate surface area is 90.7 Å². The minimum atomic E-state index is -4.11. The maximum atomic E-state index is 11.0. The summed E-state index contributed by atoms with van der Waals surface area (Å²) in [5, 5.41) is 0. The van der Waals surface area contributed by atoms with Crippen molar-refractivity contribution >= 4 is 31.7 Å². The van der Waals surface area contributed by atoms with E-state index in [1.165, 1.54) is 4.57 Å². The Kier molecular flexibility index (Phi) is 3.10. The fourth-order valence-electron chi connectivity index (χ4n) is 1.31. The number of hydrogen-bond acceptors (Lipinski definition) is 4. The van der Waals surface area contributed by atoms with Crippen molar-refractivity contribution in [3.8, 4) is 0 Å². The van der Waals surface area contributed by atoms with Crippen LogP contribution in [0.5, 0.6) is 0 Å². The van der Waals surface area contributed by atoms with Gasteiger partial charge in [0.15, 0.2) is 0 Å². The molecule has 0 bridgehead atoms. The molecule has 2 N–H and O–H groups in total. The van der Waals surface area contributed by atoms with Gasteiger partial charge < -0.3 is 5.48 Å². The number of hydrogen-bond donors (Lipinski definition) is 1. The van der Waals surface area contributed by atoms with Crippen LogP contribution in [0.2, 0.25) is 0 Å². The van der Waals surface area contributed by atoms with E-state index in [0.717, 1.165) is 21.6 Å². The topological polar surface area (TPSA) is 88.2 Å². The summed E-state index contributed by atoms with van der Waals surface area (Å²) in [5.74, 6) is 0. The molecule has 1 aromatic carbocycles. The van der Waals surface area contributed by atoms with E-state index < -0.39 is 10.1 Å². The van der Waals surface area contributed by atoms with E-state index in [2.05, 4.69) is 0 Å². The lowest BCUT2D eigenvalue weighted by Crippen LogP contribution is -2.32. The normalized spacial score (nSPS) is 11.3. The summed E-state index contributed by atoms with van der Waals surface area (Å²) >= 11 is 1.06. The third-order valence-electron chi connectivity index (χ3n) is 1.92. The standard InChI is InChI=1S/C8H7NO3S2.H2O/c1-9-6-4-2-3-5-7(6)13-8(9)14(10,11)12;/h2-5H,1H3;1H2. The molecular weight excluding hydrogens is 238 g/mol. The smallest absolute Gasteiger partial charge is 0.382 e. The molecule has 0 amide bonds. The molecule has 0 unspecified atom stereocenters. The van der Waals surface area contributed by atoms with Gasteiger partial charge in [-0.3, -0.25) is 4.55 Å². The van der Waals surface area contributed by atoms with E-state index in [0.29, 0.717) is 0 Å². The number of benzene rings is 1. The Hall–Kier alpha value is -1.02. The average molecular weight is 247 g/mol. The molecule has 0 saturated carbocycles. The van der Waals surface area contributed by atoms with Gasteiger partial charge in [0.25, 0.3) is 0 Å². The fourth-order valence-corrected chi connectivity index (χ4v) is 3.32. The zero-order valence-electron chi connectivity index (χ0n) is 7.78. The van der Waals surface area contributed by atoms with Gasteiger partial charge in [0.05, 0.1) is 0 Å². The fraction of sp³-hybridized carbons (Fsp3) is 0.125. The van der Waals surface area contributed by atoms with Crippen LogP contribution in [0.4, 0.5) is 0 Å². The van der Waals surface area contributed by atoms with E-state index >= 15 is 0 Å². The van der Waals surface area contributed by atoms with Crippen LogP contribution >= 0.6 is 11.3 Å². The van der Waals surface area contributed by atoms with Crippen LogP contribution in [0.1, 0.15) is 0 Å². The first kappa shape index (κ1) is 12.1. The minimum absolute atomic E-state index is 0.